The third-order valence-corrected chi connectivity index (χ3v) is 1.42. The molecule has 2 fully saturated rings. The molecule has 0 radical (unpaired) electrons. The van der Waals surface area contributed by atoms with Crippen LogP contribution in [0.5, 0.6) is 0 Å². The number of ether oxygens (including phenoxy) is 2. The molecule has 2 aliphatic rings. The monoisotopic (exact) mass is 100 g/mol. The standard InChI is InChI=1S/C5H8O2/c1-2-7-5-3-4(5)6-1/h4-5H,1-3H2. The fourth-order valence-electron chi connectivity index (χ4n) is 0.900. The second-order valence-electron chi connectivity index (χ2n) is 2.05. The highest BCUT2D eigenvalue weighted by atomic mass is 16.6. The third-order valence-electron chi connectivity index (χ3n) is 1.42. The van der Waals surface area contributed by atoms with Crippen LogP contribution in [0.25, 0.3) is 0 Å². The molecule has 1 saturated heterocycles. The molecule has 0 N–H and O–H groups in total. The van der Waals surface area contributed by atoms with E-state index in [1.807, 2.05) is 0 Å². The first-order valence-electron chi connectivity index (χ1n) is 2.70. The molecule has 2 nitrogen and oxygen atoms in total. The third kappa shape index (κ3) is 0.545. The Morgan fingerprint density at radius 2 is 1.57 bits per heavy atom. The van der Waals surface area contributed by atoms with Crippen LogP contribution < -0.4 is 0 Å². The minimum Gasteiger partial charge on any atom is -0.373 e. The van der Waals surface area contributed by atoms with E-state index in [-0.39, 0.29) is 0 Å². The first-order valence-corrected chi connectivity index (χ1v) is 2.70. The highest BCUT2D eigenvalue weighted by Gasteiger charge is 2.41. The molecule has 1 saturated carbocycles. The van der Waals surface area contributed by atoms with E-state index in [2.05, 4.69) is 0 Å². The molecular formula is C5H8O2. The quantitative estimate of drug-likeness (QED) is 0.432. The van der Waals surface area contributed by atoms with Gasteiger partial charge in [-0.15, -0.1) is 0 Å². The minimum atomic E-state index is 0.480. The normalized spacial score (nSPS) is 48.0. The molecule has 0 aromatic rings. The summed E-state index contributed by atoms with van der Waals surface area (Å²) in [7, 11) is 0. The van der Waals surface area contributed by atoms with Gasteiger partial charge in [0.05, 0.1) is 25.4 Å². The molecule has 0 aromatic heterocycles. The predicted molar refractivity (Wildman–Crippen MR) is 24.1 cm³/mol. The maximum absolute atomic E-state index is 5.23. The molecule has 40 valence electrons. The van der Waals surface area contributed by atoms with E-state index in [9.17, 15) is 0 Å². The lowest BCUT2D eigenvalue weighted by molar-refractivity contribution is -0.0376. The molecular weight excluding hydrogens is 92.1 g/mol. The molecule has 7 heavy (non-hydrogen) atoms. The molecule has 0 amide bonds. The van der Waals surface area contributed by atoms with Crippen molar-refractivity contribution in [3.05, 3.63) is 0 Å². The number of hydrogen-bond donors (Lipinski definition) is 0. The number of hydrogen-bond acceptors (Lipinski definition) is 2. The summed E-state index contributed by atoms with van der Waals surface area (Å²) in [5.74, 6) is 0. The lowest BCUT2D eigenvalue weighted by atomic mass is 10.6. The second-order valence-corrected chi connectivity index (χ2v) is 2.05. The summed E-state index contributed by atoms with van der Waals surface area (Å²) in [6, 6.07) is 0. The van der Waals surface area contributed by atoms with Crippen molar-refractivity contribution < 1.29 is 9.47 Å². The van der Waals surface area contributed by atoms with Gasteiger partial charge in [0.2, 0.25) is 0 Å². The fourth-order valence-corrected chi connectivity index (χ4v) is 0.900. The Bertz CT molecular complexity index is 72.1. The summed E-state index contributed by atoms with van der Waals surface area (Å²) in [6.07, 6.45) is 2.10. The molecule has 0 spiro atoms. The maximum Gasteiger partial charge on any atom is 0.0864 e. The van der Waals surface area contributed by atoms with Crippen LogP contribution in [0.15, 0.2) is 0 Å². The molecule has 2 atom stereocenters. The van der Waals surface area contributed by atoms with Crippen molar-refractivity contribution in [2.75, 3.05) is 13.2 Å². The van der Waals surface area contributed by atoms with Crippen molar-refractivity contribution >= 4 is 0 Å². The Morgan fingerprint density at radius 1 is 1.00 bits per heavy atom. The molecule has 1 aliphatic carbocycles. The van der Waals surface area contributed by atoms with Crippen molar-refractivity contribution in [1.29, 1.82) is 0 Å². The van der Waals surface area contributed by atoms with E-state index in [1.165, 1.54) is 0 Å². The molecule has 2 heteroatoms. The van der Waals surface area contributed by atoms with E-state index in [4.69, 9.17) is 9.47 Å². The maximum atomic E-state index is 5.23. The summed E-state index contributed by atoms with van der Waals surface area (Å²) < 4.78 is 10.5. The summed E-state index contributed by atoms with van der Waals surface area (Å²) in [4.78, 5) is 0. The van der Waals surface area contributed by atoms with E-state index in [0.717, 1.165) is 19.6 Å². The van der Waals surface area contributed by atoms with Crippen molar-refractivity contribution in [3.8, 4) is 0 Å². The van der Waals surface area contributed by atoms with Gasteiger partial charge in [0, 0.05) is 6.42 Å². The highest BCUT2D eigenvalue weighted by molar-refractivity contribution is 4.91. The first-order chi connectivity index (χ1) is 3.47. The Morgan fingerprint density at radius 3 is 2.00 bits per heavy atom. The largest absolute Gasteiger partial charge is 0.373 e. The molecule has 1 heterocycles. The van der Waals surface area contributed by atoms with Crippen LogP contribution in [0.2, 0.25) is 0 Å². The van der Waals surface area contributed by atoms with Crippen molar-refractivity contribution in [1.82, 2.24) is 0 Å². The van der Waals surface area contributed by atoms with Crippen LogP contribution in [0, 0.1) is 0 Å². The number of rotatable bonds is 0. The van der Waals surface area contributed by atoms with Gasteiger partial charge in [-0.3, -0.25) is 0 Å². The van der Waals surface area contributed by atoms with Crippen molar-refractivity contribution in [3.63, 3.8) is 0 Å². The van der Waals surface area contributed by atoms with Gasteiger partial charge in [-0.2, -0.15) is 0 Å². The van der Waals surface area contributed by atoms with E-state index in [0.29, 0.717) is 12.2 Å². The minimum absolute atomic E-state index is 0.480. The van der Waals surface area contributed by atoms with Crippen LogP contribution in [-0.2, 0) is 9.47 Å². The average molecular weight is 100 g/mol. The van der Waals surface area contributed by atoms with Gasteiger partial charge < -0.3 is 9.47 Å². The highest BCUT2D eigenvalue weighted by Crippen LogP contribution is 2.31. The van der Waals surface area contributed by atoms with Gasteiger partial charge in [0.25, 0.3) is 0 Å². The summed E-state index contributed by atoms with van der Waals surface area (Å²) in [6.45, 7) is 1.61. The van der Waals surface area contributed by atoms with Gasteiger partial charge in [-0.1, -0.05) is 0 Å². The van der Waals surface area contributed by atoms with Crippen LogP contribution in [0.4, 0.5) is 0 Å². The number of fused-ring (bicyclic) bond motifs is 1. The Balaban J connectivity index is 1.95. The Labute approximate surface area is 42.4 Å². The predicted octanol–water partition coefficient (Wildman–Crippen LogP) is 0.174. The molecule has 0 bridgehead atoms. The molecule has 1 aliphatic heterocycles. The van der Waals surface area contributed by atoms with Gasteiger partial charge in [-0.05, 0) is 0 Å². The van der Waals surface area contributed by atoms with E-state index >= 15 is 0 Å². The molecule has 2 rings (SSSR count). The molecule has 2 unspecified atom stereocenters. The zero-order valence-electron chi connectivity index (χ0n) is 4.09. The Kier molecular flexibility index (Phi) is 0.664. The van der Waals surface area contributed by atoms with Crippen LogP contribution in [0.3, 0.4) is 0 Å². The smallest absolute Gasteiger partial charge is 0.0864 e. The zero-order valence-corrected chi connectivity index (χ0v) is 4.09. The topological polar surface area (TPSA) is 18.5 Å². The fraction of sp³-hybridized carbons (Fsp3) is 1.00. The molecule has 0 aromatic carbocycles. The van der Waals surface area contributed by atoms with Crippen LogP contribution >= 0.6 is 0 Å². The van der Waals surface area contributed by atoms with E-state index in [1.54, 1.807) is 0 Å². The Hall–Kier alpha value is -0.0800. The first kappa shape index (κ1) is 3.87. The van der Waals surface area contributed by atoms with Crippen LogP contribution in [-0.4, -0.2) is 25.4 Å². The summed E-state index contributed by atoms with van der Waals surface area (Å²) in [5, 5.41) is 0. The zero-order chi connectivity index (χ0) is 4.69. The average Bonchev–Trinajstić information content (AvgIpc) is 2.41. The SMILES string of the molecule is C1COC2CC2O1. The van der Waals surface area contributed by atoms with Gasteiger partial charge in [0.1, 0.15) is 0 Å². The van der Waals surface area contributed by atoms with Crippen LogP contribution in [0.1, 0.15) is 6.42 Å². The van der Waals surface area contributed by atoms with Crippen molar-refractivity contribution in [2.45, 2.75) is 18.6 Å². The van der Waals surface area contributed by atoms with Gasteiger partial charge in [-0.25, -0.2) is 0 Å². The van der Waals surface area contributed by atoms with E-state index < -0.39 is 0 Å². The van der Waals surface area contributed by atoms with Gasteiger partial charge >= 0.3 is 0 Å². The summed E-state index contributed by atoms with van der Waals surface area (Å²) >= 11 is 0. The summed E-state index contributed by atoms with van der Waals surface area (Å²) in [5.41, 5.74) is 0. The second kappa shape index (κ2) is 1.20. The van der Waals surface area contributed by atoms with Crippen molar-refractivity contribution in [2.24, 2.45) is 0 Å². The van der Waals surface area contributed by atoms with Gasteiger partial charge in [0.15, 0.2) is 0 Å². The lowest BCUT2D eigenvalue weighted by Gasteiger charge is -2.09. The lowest BCUT2D eigenvalue weighted by Crippen LogP contribution is -2.16.